The minimum absolute atomic E-state index is 0.238. The monoisotopic (exact) mass is 270 g/mol. The van der Waals surface area contributed by atoms with E-state index in [2.05, 4.69) is 24.5 Å². The number of nitrogens with one attached hydrogen (secondary N) is 2. The molecule has 104 valence electrons. The Morgan fingerprint density at radius 1 is 1.33 bits per heavy atom. The molecule has 2 aliphatic rings. The number of carbonyl (C=O) groups excluding carboxylic acids is 1. The topological polar surface area (TPSA) is 41.1 Å². The van der Waals surface area contributed by atoms with E-state index in [9.17, 15) is 4.79 Å². The number of hydrogen-bond acceptors (Lipinski definition) is 3. The van der Waals surface area contributed by atoms with E-state index in [1.807, 2.05) is 11.8 Å². The van der Waals surface area contributed by atoms with Gasteiger partial charge in [-0.3, -0.25) is 4.79 Å². The molecule has 1 saturated carbocycles. The highest BCUT2D eigenvalue weighted by Crippen LogP contribution is 2.29. The minimum Gasteiger partial charge on any atom is -0.353 e. The van der Waals surface area contributed by atoms with Crippen molar-refractivity contribution in [2.45, 2.75) is 51.6 Å². The van der Waals surface area contributed by atoms with Crippen LogP contribution >= 0.6 is 11.8 Å². The Balaban J connectivity index is 1.70. The first-order valence-electron chi connectivity index (χ1n) is 7.25. The Morgan fingerprint density at radius 2 is 2.17 bits per heavy atom. The van der Waals surface area contributed by atoms with Gasteiger partial charge in [-0.1, -0.05) is 13.8 Å². The van der Waals surface area contributed by atoms with E-state index in [0.717, 1.165) is 37.0 Å². The molecule has 4 heteroatoms. The van der Waals surface area contributed by atoms with Crippen LogP contribution in [0.3, 0.4) is 0 Å². The van der Waals surface area contributed by atoms with Crippen LogP contribution in [0.2, 0.25) is 0 Å². The summed E-state index contributed by atoms with van der Waals surface area (Å²) in [6, 6.07) is 0.795. The molecule has 18 heavy (non-hydrogen) atoms. The van der Waals surface area contributed by atoms with Crippen molar-refractivity contribution in [3.8, 4) is 0 Å². The Morgan fingerprint density at radius 3 is 2.83 bits per heavy atom. The zero-order valence-electron chi connectivity index (χ0n) is 11.6. The second-order valence-electron chi connectivity index (χ2n) is 5.96. The third-order valence-electron chi connectivity index (χ3n) is 4.39. The normalized spacial score (nSPS) is 37.2. The molecule has 0 aromatic heterocycles. The lowest BCUT2D eigenvalue weighted by molar-refractivity contribution is -0.122. The summed E-state index contributed by atoms with van der Waals surface area (Å²) in [6.07, 6.45) is 4.21. The molecule has 0 radical (unpaired) electrons. The fraction of sp³-hybridized carbons (Fsp3) is 0.929. The summed E-state index contributed by atoms with van der Waals surface area (Å²) in [6.45, 7) is 5.68. The van der Waals surface area contributed by atoms with Crippen LogP contribution < -0.4 is 10.6 Å². The quantitative estimate of drug-likeness (QED) is 0.824. The molecule has 0 aromatic carbocycles. The molecule has 1 amide bonds. The number of hydrogen-bond donors (Lipinski definition) is 2. The molecular weight excluding hydrogens is 244 g/mol. The zero-order valence-corrected chi connectivity index (χ0v) is 12.4. The predicted octanol–water partition coefficient (Wildman–Crippen LogP) is 2.02. The van der Waals surface area contributed by atoms with Crippen molar-refractivity contribution in [2.24, 2.45) is 11.8 Å². The van der Waals surface area contributed by atoms with E-state index < -0.39 is 0 Å². The Bertz CT molecular complexity index is 279. The summed E-state index contributed by atoms with van der Waals surface area (Å²) < 4.78 is 0. The van der Waals surface area contributed by atoms with Gasteiger partial charge in [0, 0.05) is 36.6 Å². The maximum Gasteiger partial charge on any atom is 0.221 e. The second kappa shape index (κ2) is 6.80. The molecule has 2 N–H and O–H groups in total. The average molecular weight is 270 g/mol. The van der Waals surface area contributed by atoms with Gasteiger partial charge >= 0.3 is 0 Å². The lowest BCUT2D eigenvalue weighted by Crippen LogP contribution is -2.45. The van der Waals surface area contributed by atoms with Gasteiger partial charge in [-0.25, -0.2) is 0 Å². The van der Waals surface area contributed by atoms with Crippen molar-refractivity contribution in [3.05, 3.63) is 0 Å². The number of carbonyl (C=O) groups is 1. The summed E-state index contributed by atoms with van der Waals surface area (Å²) >= 11 is 1.95. The molecule has 3 nitrogen and oxygen atoms in total. The summed E-state index contributed by atoms with van der Waals surface area (Å²) in [5.74, 6) is 4.05. The average Bonchev–Trinajstić information content (AvgIpc) is 2.35. The standard InChI is InChI=1S/C14H26N2OS/c1-10-3-4-12(7-11(10)2)16-14(17)8-13-9-18-6-5-15-13/h10-13,15H,3-9H2,1-2H3,(H,16,17). The van der Waals surface area contributed by atoms with E-state index in [0.29, 0.717) is 18.5 Å². The van der Waals surface area contributed by atoms with Crippen molar-refractivity contribution in [2.75, 3.05) is 18.1 Å². The van der Waals surface area contributed by atoms with E-state index in [4.69, 9.17) is 0 Å². The van der Waals surface area contributed by atoms with Gasteiger partial charge in [0.25, 0.3) is 0 Å². The summed E-state index contributed by atoms with van der Waals surface area (Å²) in [7, 11) is 0. The minimum atomic E-state index is 0.238. The van der Waals surface area contributed by atoms with Crippen LogP contribution in [-0.4, -0.2) is 36.0 Å². The molecule has 0 aromatic rings. The number of thioether (sulfide) groups is 1. The molecule has 4 atom stereocenters. The van der Waals surface area contributed by atoms with Crippen LogP contribution in [-0.2, 0) is 4.79 Å². The first-order valence-corrected chi connectivity index (χ1v) is 8.41. The Labute approximate surface area is 115 Å². The molecule has 4 unspecified atom stereocenters. The zero-order chi connectivity index (χ0) is 13.0. The first kappa shape index (κ1) is 14.2. The van der Waals surface area contributed by atoms with Crippen molar-refractivity contribution in [1.82, 2.24) is 10.6 Å². The van der Waals surface area contributed by atoms with Gasteiger partial charge in [0.1, 0.15) is 0 Å². The van der Waals surface area contributed by atoms with E-state index in [1.54, 1.807) is 0 Å². The third-order valence-corrected chi connectivity index (χ3v) is 5.52. The van der Waals surface area contributed by atoms with Gasteiger partial charge in [0.05, 0.1) is 0 Å². The molecule has 0 bridgehead atoms. The van der Waals surface area contributed by atoms with Gasteiger partial charge in [0.2, 0.25) is 5.91 Å². The lowest BCUT2D eigenvalue weighted by Gasteiger charge is -2.33. The molecular formula is C14H26N2OS. The second-order valence-corrected chi connectivity index (χ2v) is 7.11. The summed E-state index contributed by atoms with van der Waals surface area (Å²) in [5, 5.41) is 6.65. The van der Waals surface area contributed by atoms with Crippen LogP contribution in [0.15, 0.2) is 0 Å². The Kier molecular flexibility index (Phi) is 5.37. The van der Waals surface area contributed by atoms with E-state index in [1.165, 1.54) is 12.2 Å². The largest absolute Gasteiger partial charge is 0.353 e. The Hall–Kier alpha value is -0.220. The summed E-state index contributed by atoms with van der Waals surface area (Å²) in [4.78, 5) is 12.0. The van der Waals surface area contributed by atoms with Gasteiger partial charge in [0.15, 0.2) is 0 Å². The molecule has 1 heterocycles. The van der Waals surface area contributed by atoms with Crippen LogP contribution in [0.5, 0.6) is 0 Å². The highest BCUT2D eigenvalue weighted by molar-refractivity contribution is 7.99. The molecule has 2 rings (SSSR count). The van der Waals surface area contributed by atoms with Crippen molar-refractivity contribution < 1.29 is 4.79 Å². The molecule has 1 aliphatic heterocycles. The van der Waals surface area contributed by atoms with Crippen molar-refractivity contribution >= 4 is 17.7 Å². The maximum absolute atomic E-state index is 12.0. The van der Waals surface area contributed by atoms with Gasteiger partial charge in [-0.15, -0.1) is 0 Å². The molecule has 0 spiro atoms. The van der Waals surface area contributed by atoms with Gasteiger partial charge in [-0.2, -0.15) is 11.8 Å². The van der Waals surface area contributed by atoms with Crippen molar-refractivity contribution in [1.29, 1.82) is 0 Å². The summed E-state index contributed by atoms with van der Waals surface area (Å²) in [5.41, 5.74) is 0. The third kappa shape index (κ3) is 4.16. The number of amides is 1. The maximum atomic E-state index is 12.0. The SMILES string of the molecule is CC1CCC(NC(=O)CC2CSCCN2)CC1C. The van der Waals surface area contributed by atoms with Crippen molar-refractivity contribution in [3.63, 3.8) is 0 Å². The van der Waals surface area contributed by atoms with E-state index in [-0.39, 0.29) is 5.91 Å². The fourth-order valence-corrected chi connectivity index (χ4v) is 3.89. The highest BCUT2D eigenvalue weighted by Gasteiger charge is 2.26. The predicted molar refractivity (Wildman–Crippen MR) is 77.8 cm³/mol. The van der Waals surface area contributed by atoms with Gasteiger partial charge in [-0.05, 0) is 31.1 Å². The smallest absolute Gasteiger partial charge is 0.221 e. The molecule has 1 saturated heterocycles. The van der Waals surface area contributed by atoms with Crippen LogP contribution in [0.1, 0.15) is 39.5 Å². The number of rotatable bonds is 3. The van der Waals surface area contributed by atoms with E-state index >= 15 is 0 Å². The lowest BCUT2D eigenvalue weighted by atomic mass is 9.79. The first-order chi connectivity index (χ1) is 8.65. The molecule has 1 aliphatic carbocycles. The van der Waals surface area contributed by atoms with Crippen LogP contribution in [0.25, 0.3) is 0 Å². The molecule has 2 fully saturated rings. The van der Waals surface area contributed by atoms with Crippen LogP contribution in [0.4, 0.5) is 0 Å². The fourth-order valence-electron chi connectivity index (χ4n) is 2.94. The highest BCUT2D eigenvalue weighted by atomic mass is 32.2. The van der Waals surface area contributed by atoms with Crippen LogP contribution in [0, 0.1) is 11.8 Å². The van der Waals surface area contributed by atoms with Gasteiger partial charge < -0.3 is 10.6 Å².